The lowest BCUT2D eigenvalue weighted by Gasteiger charge is -2.40. The summed E-state index contributed by atoms with van der Waals surface area (Å²) in [6, 6.07) is 0.285. The molecular formula is C15H27N5O2. The van der Waals surface area contributed by atoms with Gasteiger partial charge in [0.25, 0.3) is 0 Å². The number of carbonyl (C=O) groups is 1. The van der Waals surface area contributed by atoms with E-state index < -0.39 is 5.60 Å². The Balaban J connectivity index is 1.72. The zero-order valence-corrected chi connectivity index (χ0v) is 14.4. The van der Waals surface area contributed by atoms with Gasteiger partial charge >= 0.3 is 6.09 Å². The summed E-state index contributed by atoms with van der Waals surface area (Å²) in [7, 11) is 0. The van der Waals surface area contributed by atoms with Crippen molar-refractivity contribution < 1.29 is 9.53 Å². The van der Waals surface area contributed by atoms with Gasteiger partial charge in [-0.2, -0.15) is 0 Å². The van der Waals surface area contributed by atoms with Crippen LogP contribution in [0, 0.1) is 0 Å². The number of nitrogens with zero attached hydrogens (tertiary/aromatic N) is 4. The number of ether oxygens (including phenoxy) is 1. The maximum absolute atomic E-state index is 11.8. The van der Waals surface area contributed by atoms with Crippen molar-refractivity contribution in [1.29, 1.82) is 0 Å². The largest absolute Gasteiger partial charge is 0.444 e. The summed E-state index contributed by atoms with van der Waals surface area (Å²) in [6.45, 7) is 13.9. The normalized spacial score (nSPS) is 16.5. The molecule has 1 fully saturated rings. The van der Waals surface area contributed by atoms with Gasteiger partial charge in [-0.25, -0.2) is 9.48 Å². The minimum Gasteiger partial charge on any atom is -0.444 e. The van der Waals surface area contributed by atoms with Crippen molar-refractivity contribution in [2.24, 2.45) is 0 Å². The number of rotatable bonds is 3. The Morgan fingerprint density at radius 3 is 2.45 bits per heavy atom. The predicted molar refractivity (Wildman–Crippen MR) is 83.5 cm³/mol. The van der Waals surface area contributed by atoms with Gasteiger partial charge in [0, 0.05) is 25.7 Å². The van der Waals surface area contributed by atoms with E-state index >= 15 is 0 Å². The molecule has 1 aromatic heterocycles. The van der Waals surface area contributed by atoms with Gasteiger partial charge < -0.3 is 15.0 Å². The van der Waals surface area contributed by atoms with Crippen molar-refractivity contribution >= 4 is 6.09 Å². The Morgan fingerprint density at radius 1 is 1.32 bits per heavy atom. The highest BCUT2D eigenvalue weighted by Gasteiger charge is 2.33. The third kappa shape index (κ3) is 4.43. The molecule has 0 radical (unpaired) electrons. The van der Waals surface area contributed by atoms with Crippen LogP contribution < -0.4 is 5.32 Å². The number of likely N-dealkylation sites (tertiary alicyclic amines) is 1. The second kappa shape index (κ2) is 5.87. The molecule has 0 saturated carbocycles. The summed E-state index contributed by atoms with van der Waals surface area (Å²) in [5.41, 5.74) is 0.404. The van der Waals surface area contributed by atoms with E-state index in [1.165, 1.54) is 0 Å². The molecule has 1 amide bonds. The zero-order chi connectivity index (χ0) is 16.5. The van der Waals surface area contributed by atoms with Crippen molar-refractivity contribution in [3.05, 3.63) is 11.9 Å². The second-order valence-corrected chi connectivity index (χ2v) is 7.79. The van der Waals surface area contributed by atoms with Gasteiger partial charge in [0.15, 0.2) is 0 Å². The molecule has 2 heterocycles. The van der Waals surface area contributed by atoms with E-state index in [1.54, 1.807) is 4.90 Å². The number of aromatic nitrogens is 3. The van der Waals surface area contributed by atoms with Gasteiger partial charge in [0.1, 0.15) is 5.60 Å². The molecule has 124 valence electrons. The summed E-state index contributed by atoms with van der Waals surface area (Å²) in [5, 5.41) is 11.7. The molecule has 1 N–H and O–H groups in total. The Kier molecular flexibility index (Phi) is 4.47. The molecular weight excluding hydrogens is 282 g/mol. The number of nitrogens with one attached hydrogen (secondary N) is 1. The molecule has 7 heteroatoms. The lowest BCUT2D eigenvalue weighted by molar-refractivity contribution is 0.00516. The van der Waals surface area contributed by atoms with Crippen LogP contribution in [0.4, 0.5) is 4.79 Å². The molecule has 1 aliphatic heterocycles. The van der Waals surface area contributed by atoms with E-state index in [0.717, 1.165) is 5.69 Å². The lowest BCUT2D eigenvalue weighted by atomic mass is 10.1. The summed E-state index contributed by atoms with van der Waals surface area (Å²) < 4.78 is 7.19. The molecule has 0 aliphatic carbocycles. The van der Waals surface area contributed by atoms with Crippen molar-refractivity contribution in [2.75, 3.05) is 13.1 Å². The van der Waals surface area contributed by atoms with Gasteiger partial charge in [0.2, 0.25) is 0 Å². The first-order chi connectivity index (χ1) is 10.0. The van der Waals surface area contributed by atoms with Gasteiger partial charge in [-0.1, -0.05) is 5.21 Å². The first-order valence-corrected chi connectivity index (χ1v) is 7.67. The highest BCUT2D eigenvalue weighted by molar-refractivity contribution is 5.69. The summed E-state index contributed by atoms with van der Waals surface area (Å²) in [5.74, 6) is 0. The smallest absolute Gasteiger partial charge is 0.410 e. The van der Waals surface area contributed by atoms with Crippen molar-refractivity contribution in [2.45, 2.75) is 65.3 Å². The number of amides is 1. The fourth-order valence-corrected chi connectivity index (χ4v) is 2.04. The lowest BCUT2D eigenvalue weighted by Crippen LogP contribution is -2.60. The monoisotopic (exact) mass is 309 g/mol. The molecule has 0 aromatic carbocycles. The summed E-state index contributed by atoms with van der Waals surface area (Å²) in [6.07, 6.45) is 1.71. The second-order valence-electron chi connectivity index (χ2n) is 7.79. The van der Waals surface area contributed by atoms with Gasteiger partial charge in [0.05, 0.1) is 17.4 Å². The van der Waals surface area contributed by atoms with E-state index in [0.29, 0.717) is 19.6 Å². The van der Waals surface area contributed by atoms with E-state index in [9.17, 15) is 4.79 Å². The van der Waals surface area contributed by atoms with Crippen LogP contribution in [0.5, 0.6) is 0 Å². The van der Waals surface area contributed by atoms with Gasteiger partial charge in [-0.05, 0) is 41.5 Å². The summed E-state index contributed by atoms with van der Waals surface area (Å²) in [4.78, 5) is 13.5. The Morgan fingerprint density at radius 2 is 1.95 bits per heavy atom. The summed E-state index contributed by atoms with van der Waals surface area (Å²) >= 11 is 0. The first kappa shape index (κ1) is 16.7. The predicted octanol–water partition coefficient (Wildman–Crippen LogP) is 1.74. The van der Waals surface area contributed by atoms with Gasteiger partial charge in [-0.3, -0.25) is 0 Å². The SMILES string of the molecule is CC(C)(C)OC(=O)N1CC(NCc2cn(C(C)(C)C)nn2)C1. The van der Waals surface area contributed by atoms with Crippen LogP contribution in [-0.2, 0) is 16.8 Å². The van der Waals surface area contributed by atoms with E-state index in [2.05, 4.69) is 36.4 Å². The maximum Gasteiger partial charge on any atom is 0.410 e. The van der Waals surface area contributed by atoms with Crippen LogP contribution in [0.1, 0.15) is 47.2 Å². The van der Waals surface area contributed by atoms with Crippen LogP contribution in [0.3, 0.4) is 0 Å². The fraction of sp³-hybridized carbons (Fsp3) is 0.800. The number of carbonyl (C=O) groups excluding carboxylic acids is 1. The molecule has 2 rings (SSSR count). The fourth-order valence-electron chi connectivity index (χ4n) is 2.04. The molecule has 1 aromatic rings. The van der Waals surface area contributed by atoms with Crippen LogP contribution >= 0.6 is 0 Å². The standard InChI is InChI=1S/C15H27N5O2/c1-14(2,3)20-10-11(17-18-20)7-16-12-8-19(9-12)13(21)22-15(4,5)6/h10,12,16H,7-9H2,1-6H3. The van der Waals surface area contributed by atoms with E-state index in [-0.39, 0.29) is 17.7 Å². The van der Waals surface area contributed by atoms with Crippen molar-refractivity contribution in [1.82, 2.24) is 25.2 Å². The van der Waals surface area contributed by atoms with Crippen molar-refractivity contribution in [3.63, 3.8) is 0 Å². The highest BCUT2D eigenvalue weighted by atomic mass is 16.6. The Labute approximate surface area is 132 Å². The van der Waals surface area contributed by atoms with E-state index in [4.69, 9.17) is 4.74 Å². The quantitative estimate of drug-likeness (QED) is 0.921. The Bertz CT molecular complexity index is 521. The zero-order valence-electron chi connectivity index (χ0n) is 14.4. The molecule has 1 aliphatic rings. The molecule has 0 unspecified atom stereocenters. The topological polar surface area (TPSA) is 72.3 Å². The molecule has 0 atom stereocenters. The number of hydrogen-bond acceptors (Lipinski definition) is 5. The third-order valence-electron chi connectivity index (χ3n) is 3.33. The average Bonchev–Trinajstić information content (AvgIpc) is 2.72. The minimum atomic E-state index is -0.443. The molecule has 1 saturated heterocycles. The van der Waals surface area contributed by atoms with Crippen LogP contribution in [0.15, 0.2) is 6.20 Å². The Hall–Kier alpha value is -1.63. The number of hydrogen-bond donors (Lipinski definition) is 1. The molecule has 0 spiro atoms. The maximum atomic E-state index is 11.8. The third-order valence-corrected chi connectivity index (χ3v) is 3.33. The molecule has 0 bridgehead atoms. The van der Waals surface area contributed by atoms with Crippen molar-refractivity contribution in [3.8, 4) is 0 Å². The van der Waals surface area contributed by atoms with Crippen LogP contribution in [0.2, 0.25) is 0 Å². The van der Waals surface area contributed by atoms with Crippen LogP contribution in [-0.4, -0.2) is 50.7 Å². The molecule has 7 nitrogen and oxygen atoms in total. The van der Waals surface area contributed by atoms with E-state index in [1.807, 2.05) is 31.6 Å². The molecule has 22 heavy (non-hydrogen) atoms. The first-order valence-electron chi connectivity index (χ1n) is 7.67. The minimum absolute atomic E-state index is 0.0603. The highest BCUT2D eigenvalue weighted by Crippen LogP contribution is 2.16. The van der Waals surface area contributed by atoms with Gasteiger partial charge in [-0.15, -0.1) is 5.10 Å². The van der Waals surface area contributed by atoms with Crippen LogP contribution in [0.25, 0.3) is 0 Å². The average molecular weight is 309 g/mol.